The third-order valence-electron chi connectivity index (χ3n) is 6.89. The average molecular weight is 283 g/mol. The third kappa shape index (κ3) is 2.25. The van der Waals surface area contributed by atoms with Crippen LogP contribution in [0.1, 0.15) is 56.6 Å². The van der Waals surface area contributed by atoms with Crippen LogP contribution in [0.5, 0.6) is 0 Å². The van der Waals surface area contributed by atoms with Crippen molar-refractivity contribution in [2.75, 3.05) is 0 Å². The highest BCUT2D eigenvalue weighted by molar-refractivity contribution is 5.27. The topological polar surface area (TPSA) is 26.0 Å². The quantitative estimate of drug-likeness (QED) is 0.870. The first-order valence-corrected chi connectivity index (χ1v) is 8.78. The lowest BCUT2D eigenvalue weighted by Gasteiger charge is -2.63. The molecular formula is C20H29N. The van der Waals surface area contributed by atoms with Gasteiger partial charge >= 0.3 is 0 Å². The van der Waals surface area contributed by atoms with Crippen LogP contribution in [0.3, 0.4) is 0 Å². The zero-order chi connectivity index (χ0) is 14.7. The summed E-state index contributed by atoms with van der Waals surface area (Å²) in [5, 5.41) is 0. The minimum atomic E-state index is 0.351. The highest BCUT2D eigenvalue weighted by Crippen LogP contribution is 2.66. The van der Waals surface area contributed by atoms with Crippen LogP contribution in [0.2, 0.25) is 0 Å². The van der Waals surface area contributed by atoms with Crippen molar-refractivity contribution in [3.63, 3.8) is 0 Å². The Labute approximate surface area is 129 Å². The Kier molecular flexibility index (Phi) is 3.02. The van der Waals surface area contributed by atoms with Crippen LogP contribution >= 0.6 is 0 Å². The van der Waals surface area contributed by atoms with Crippen LogP contribution in [0.4, 0.5) is 0 Å². The summed E-state index contributed by atoms with van der Waals surface area (Å²) in [6.45, 7) is 4.77. The van der Waals surface area contributed by atoms with Crippen LogP contribution < -0.4 is 5.73 Å². The van der Waals surface area contributed by atoms with Gasteiger partial charge in [0.05, 0.1) is 0 Å². The predicted octanol–water partition coefficient (Wildman–Crippen LogP) is 4.47. The smallest absolute Gasteiger partial charge is 0.0137 e. The number of hydrogen-bond acceptors (Lipinski definition) is 1. The largest absolute Gasteiger partial charge is 0.327 e. The van der Waals surface area contributed by atoms with Crippen molar-refractivity contribution < 1.29 is 0 Å². The van der Waals surface area contributed by atoms with Crippen molar-refractivity contribution >= 4 is 0 Å². The SMILES string of the molecule is Cc1ccccc1CC(N)C12CC3CC(CC(C)(C3)C1)C2. The van der Waals surface area contributed by atoms with Crippen molar-refractivity contribution in [2.45, 2.75) is 64.8 Å². The zero-order valence-electron chi connectivity index (χ0n) is 13.6. The van der Waals surface area contributed by atoms with Gasteiger partial charge in [-0.15, -0.1) is 0 Å². The maximum Gasteiger partial charge on any atom is 0.0137 e. The molecule has 0 radical (unpaired) electrons. The van der Waals surface area contributed by atoms with Gasteiger partial charge in [-0.25, -0.2) is 0 Å². The number of benzene rings is 1. The zero-order valence-corrected chi connectivity index (χ0v) is 13.6. The van der Waals surface area contributed by atoms with E-state index in [0.717, 1.165) is 18.3 Å². The van der Waals surface area contributed by atoms with Gasteiger partial charge in [0.1, 0.15) is 0 Å². The van der Waals surface area contributed by atoms with Gasteiger partial charge in [0, 0.05) is 6.04 Å². The van der Waals surface area contributed by atoms with Crippen molar-refractivity contribution in [3.8, 4) is 0 Å². The second kappa shape index (κ2) is 4.59. The maximum absolute atomic E-state index is 6.83. The highest BCUT2D eigenvalue weighted by atomic mass is 14.7. The molecule has 2 N–H and O–H groups in total. The predicted molar refractivity (Wildman–Crippen MR) is 88.1 cm³/mol. The van der Waals surface area contributed by atoms with E-state index in [1.165, 1.54) is 49.7 Å². The number of rotatable bonds is 3. The monoisotopic (exact) mass is 283 g/mol. The van der Waals surface area contributed by atoms with Crippen molar-refractivity contribution in [2.24, 2.45) is 28.4 Å². The van der Waals surface area contributed by atoms with Crippen LogP contribution in [-0.2, 0) is 6.42 Å². The number of aryl methyl sites for hydroxylation is 1. The fourth-order valence-corrected chi connectivity index (χ4v) is 6.52. The minimum absolute atomic E-state index is 0.351. The van der Waals surface area contributed by atoms with E-state index in [4.69, 9.17) is 5.73 Å². The fourth-order valence-electron chi connectivity index (χ4n) is 6.52. The van der Waals surface area contributed by atoms with Crippen molar-refractivity contribution in [3.05, 3.63) is 35.4 Å². The maximum atomic E-state index is 6.83. The number of nitrogens with two attached hydrogens (primary N) is 1. The van der Waals surface area contributed by atoms with Crippen LogP contribution in [-0.4, -0.2) is 6.04 Å². The molecule has 4 aliphatic rings. The first-order valence-electron chi connectivity index (χ1n) is 8.78. The second-order valence-electron chi connectivity index (χ2n) is 8.87. The molecule has 0 spiro atoms. The minimum Gasteiger partial charge on any atom is -0.327 e. The lowest BCUT2D eigenvalue weighted by atomic mass is 9.43. The lowest BCUT2D eigenvalue weighted by molar-refractivity contribution is -0.112. The lowest BCUT2D eigenvalue weighted by Crippen LogP contribution is -2.58. The fraction of sp³-hybridized carbons (Fsp3) is 0.700. The number of hydrogen-bond donors (Lipinski definition) is 1. The van der Waals surface area contributed by atoms with E-state index in [1.807, 2.05) is 0 Å². The highest BCUT2D eigenvalue weighted by Gasteiger charge is 2.57. The average Bonchev–Trinajstić information content (AvgIpc) is 2.38. The molecule has 1 heteroatoms. The van der Waals surface area contributed by atoms with E-state index in [2.05, 4.69) is 38.1 Å². The molecule has 4 bridgehead atoms. The van der Waals surface area contributed by atoms with Crippen molar-refractivity contribution in [1.29, 1.82) is 0 Å². The van der Waals surface area contributed by atoms with Gasteiger partial charge in [-0.1, -0.05) is 31.2 Å². The summed E-state index contributed by atoms with van der Waals surface area (Å²) in [5.41, 5.74) is 10.8. The standard InChI is InChI=1S/C20H29N/c1-14-5-3-4-6-17(14)8-18(21)20-11-15-7-16(12-20)10-19(2,9-15)13-20/h3-6,15-16,18H,7-13,21H2,1-2H3. The Morgan fingerprint density at radius 2 is 1.81 bits per heavy atom. The Hall–Kier alpha value is -0.820. The molecule has 4 saturated carbocycles. The molecule has 1 aromatic rings. The molecule has 0 aliphatic heterocycles. The first kappa shape index (κ1) is 13.8. The molecule has 3 atom stereocenters. The summed E-state index contributed by atoms with van der Waals surface area (Å²) >= 11 is 0. The molecule has 0 saturated heterocycles. The van der Waals surface area contributed by atoms with Gasteiger partial charge in [-0.2, -0.15) is 0 Å². The Morgan fingerprint density at radius 3 is 2.43 bits per heavy atom. The summed E-state index contributed by atoms with van der Waals surface area (Å²) in [6.07, 6.45) is 9.72. The second-order valence-corrected chi connectivity index (χ2v) is 8.87. The van der Waals surface area contributed by atoms with Crippen molar-refractivity contribution in [1.82, 2.24) is 0 Å². The molecule has 3 unspecified atom stereocenters. The Morgan fingerprint density at radius 1 is 1.14 bits per heavy atom. The van der Waals surface area contributed by atoms with E-state index in [1.54, 1.807) is 0 Å². The molecule has 4 fully saturated rings. The van der Waals surface area contributed by atoms with Crippen LogP contribution in [0.15, 0.2) is 24.3 Å². The summed E-state index contributed by atoms with van der Waals surface area (Å²) in [4.78, 5) is 0. The Bertz CT molecular complexity index is 533. The van der Waals surface area contributed by atoms with E-state index >= 15 is 0 Å². The summed E-state index contributed by atoms with van der Waals surface area (Å²) in [7, 11) is 0. The molecule has 0 heterocycles. The molecule has 5 rings (SSSR count). The summed E-state index contributed by atoms with van der Waals surface area (Å²) in [6, 6.07) is 9.15. The van der Waals surface area contributed by atoms with Gasteiger partial charge in [0.2, 0.25) is 0 Å². The normalized spacial score (nSPS) is 42.2. The molecular weight excluding hydrogens is 254 g/mol. The molecule has 1 aromatic carbocycles. The molecule has 114 valence electrons. The molecule has 0 amide bonds. The van der Waals surface area contributed by atoms with Crippen LogP contribution in [0.25, 0.3) is 0 Å². The van der Waals surface area contributed by atoms with Crippen LogP contribution in [0, 0.1) is 29.6 Å². The van der Waals surface area contributed by atoms with E-state index < -0.39 is 0 Å². The van der Waals surface area contributed by atoms with Gasteiger partial charge in [0.15, 0.2) is 0 Å². The van der Waals surface area contributed by atoms with Gasteiger partial charge in [0.25, 0.3) is 0 Å². The summed E-state index contributed by atoms with van der Waals surface area (Å²) < 4.78 is 0. The summed E-state index contributed by atoms with van der Waals surface area (Å²) in [5.74, 6) is 1.94. The van der Waals surface area contributed by atoms with Gasteiger partial charge < -0.3 is 5.73 Å². The first-order chi connectivity index (χ1) is 9.98. The van der Waals surface area contributed by atoms with E-state index in [-0.39, 0.29) is 0 Å². The molecule has 21 heavy (non-hydrogen) atoms. The van der Waals surface area contributed by atoms with E-state index in [0.29, 0.717) is 16.9 Å². The molecule has 4 aliphatic carbocycles. The Balaban J connectivity index is 1.59. The van der Waals surface area contributed by atoms with Gasteiger partial charge in [-0.3, -0.25) is 0 Å². The molecule has 1 nitrogen and oxygen atoms in total. The third-order valence-corrected chi connectivity index (χ3v) is 6.89. The van der Waals surface area contributed by atoms with E-state index in [9.17, 15) is 0 Å². The van der Waals surface area contributed by atoms with Gasteiger partial charge in [-0.05, 0) is 85.7 Å². The molecule has 0 aromatic heterocycles.